The molecular formula is C16H16N6. The van der Waals surface area contributed by atoms with Gasteiger partial charge in [0.15, 0.2) is 11.6 Å². The van der Waals surface area contributed by atoms with Gasteiger partial charge < -0.3 is 11.1 Å². The van der Waals surface area contributed by atoms with Gasteiger partial charge in [0.1, 0.15) is 11.6 Å². The normalized spacial score (nSPS) is 11.0. The van der Waals surface area contributed by atoms with Crippen molar-refractivity contribution in [3.8, 4) is 0 Å². The first-order valence-electron chi connectivity index (χ1n) is 6.86. The maximum absolute atomic E-state index is 5.83. The Balaban J connectivity index is 1.82. The molecule has 0 unspecified atom stereocenters. The lowest BCUT2D eigenvalue weighted by atomic mass is 10.2. The molecule has 110 valence electrons. The van der Waals surface area contributed by atoms with Crippen LogP contribution in [0.2, 0.25) is 0 Å². The number of anilines is 3. The molecule has 0 aliphatic carbocycles. The third kappa shape index (κ3) is 3.49. The van der Waals surface area contributed by atoms with Crippen molar-refractivity contribution in [3.63, 3.8) is 0 Å². The number of aromatic amines is 1. The number of hydrogen-bond acceptors (Lipinski definition) is 5. The van der Waals surface area contributed by atoms with E-state index in [0.717, 1.165) is 11.3 Å². The van der Waals surface area contributed by atoms with Gasteiger partial charge in [0.25, 0.3) is 0 Å². The van der Waals surface area contributed by atoms with Crippen LogP contribution in [0, 0.1) is 6.92 Å². The van der Waals surface area contributed by atoms with Gasteiger partial charge in [-0.25, -0.2) is 9.97 Å². The maximum atomic E-state index is 5.83. The molecule has 0 saturated carbocycles. The Morgan fingerprint density at radius 1 is 1.05 bits per heavy atom. The fraction of sp³-hybridized carbons (Fsp3) is 0.0625. The molecule has 1 aromatic carbocycles. The quantitative estimate of drug-likeness (QED) is 0.687. The number of nitrogen functional groups attached to an aromatic ring is 1. The summed E-state index contributed by atoms with van der Waals surface area (Å²) in [7, 11) is 0. The number of rotatable bonds is 4. The van der Waals surface area contributed by atoms with Crippen LogP contribution in [0.4, 0.5) is 17.5 Å². The average Bonchev–Trinajstić information content (AvgIpc) is 2.91. The molecule has 6 heteroatoms. The summed E-state index contributed by atoms with van der Waals surface area (Å²) in [5.74, 6) is 2.23. The number of benzene rings is 1. The van der Waals surface area contributed by atoms with Gasteiger partial charge in [-0.05, 0) is 18.6 Å². The molecule has 0 saturated heterocycles. The van der Waals surface area contributed by atoms with Gasteiger partial charge in [0, 0.05) is 17.8 Å². The molecule has 0 atom stereocenters. The van der Waals surface area contributed by atoms with Crippen LogP contribution in [-0.4, -0.2) is 20.2 Å². The number of hydrogen-bond donors (Lipinski definition) is 3. The molecule has 6 nitrogen and oxygen atoms in total. The maximum Gasteiger partial charge on any atom is 0.156 e. The van der Waals surface area contributed by atoms with E-state index in [1.165, 1.54) is 0 Å². The van der Waals surface area contributed by atoms with E-state index < -0.39 is 0 Å². The lowest BCUT2D eigenvalue weighted by Crippen LogP contribution is -2.01. The highest BCUT2D eigenvalue weighted by atomic mass is 15.2. The lowest BCUT2D eigenvalue weighted by molar-refractivity contribution is 1.04. The van der Waals surface area contributed by atoms with E-state index in [9.17, 15) is 0 Å². The summed E-state index contributed by atoms with van der Waals surface area (Å²) in [5, 5.41) is 10.1. The first-order valence-corrected chi connectivity index (χ1v) is 6.86. The Hall–Kier alpha value is -3.15. The Morgan fingerprint density at radius 2 is 1.86 bits per heavy atom. The second-order valence-electron chi connectivity index (χ2n) is 4.84. The summed E-state index contributed by atoms with van der Waals surface area (Å²) in [6, 6.07) is 13.5. The van der Waals surface area contributed by atoms with Crippen molar-refractivity contribution in [2.45, 2.75) is 6.92 Å². The summed E-state index contributed by atoms with van der Waals surface area (Å²) >= 11 is 0. The number of aromatic nitrogens is 4. The van der Waals surface area contributed by atoms with Crippen molar-refractivity contribution in [1.29, 1.82) is 0 Å². The number of nitrogens with two attached hydrogens (primary N) is 1. The number of aryl methyl sites for hydroxylation is 1. The topological polar surface area (TPSA) is 92.5 Å². The average molecular weight is 292 g/mol. The molecule has 3 aromatic rings. The smallest absolute Gasteiger partial charge is 0.156 e. The van der Waals surface area contributed by atoms with Crippen molar-refractivity contribution >= 4 is 29.6 Å². The fourth-order valence-corrected chi connectivity index (χ4v) is 1.97. The highest BCUT2D eigenvalue weighted by Crippen LogP contribution is 2.16. The molecule has 2 heterocycles. The second-order valence-corrected chi connectivity index (χ2v) is 4.84. The van der Waals surface area contributed by atoms with Crippen molar-refractivity contribution in [2.75, 3.05) is 11.1 Å². The number of nitrogens with one attached hydrogen (secondary N) is 2. The minimum Gasteiger partial charge on any atom is -0.384 e. The van der Waals surface area contributed by atoms with Crippen LogP contribution in [0.5, 0.6) is 0 Å². The zero-order valence-electron chi connectivity index (χ0n) is 12.1. The first kappa shape index (κ1) is 13.8. The lowest BCUT2D eigenvalue weighted by Gasteiger charge is -2.04. The van der Waals surface area contributed by atoms with Crippen LogP contribution in [0.25, 0.3) is 12.2 Å². The fourth-order valence-electron chi connectivity index (χ4n) is 1.97. The minimum atomic E-state index is 0.400. The summed E-state index contributed by atoms with van der Waals surface area (Å²) in [6.07, 6.45) is 3.77. The van der Waals surface area contributed by atoms with Gasteiger partial charge in [-0.2, -0.15) is 5.10 Å². The Morgan fingerprint density at radius 3 is 2.59 bits per heavy atom. The molecule has 0 aliphatic heterocycles. The van der Waals surface area contributed by atoms with Crippen LogP contribution in [0.15, 0.2) is 42.5 Å². The van der Waals surface area contributed by atoms with E-state index in [1.807, 2.05) is 55.5 Å². The monoisotopic (exact) mass is 292 g/mol. The van der Waals surface area contributed by atoms with Crippen LogP contribution >= 0.6 is 0 Å². The summed E-state index contributed by atoms with van der Waals surface area (Å²) in [4.78, 5) is 8.62. The molecule has 4 N–H and O–H groups in total. The van der Waals surface area contributed by atoms with E-state index >= 15 is 0 Å². The second kappa shape index (κ2) is 6.09. The van der Waals surface area contributed by atoms with E-state index in [-0.39, 0.29) is 0 Å². The Bertz CT molecular complexity index is 791. The van der Waals surface area contributed by atoms with Gasteiger partial charge in [-0.1, -0.05) is 36.4 Å². The SMILES string of the molecule is Cc1cc(Nc2cc(N)nc(/C=C/c3ccccc3)n2)n[nH]1. The molecule has 0 aliphatic rings. The van der Waals surface area contributed by atoms with Gasteiger partial charge in [0.2, 0.25) is 0 Å². The molecule has 0 amide bonds. The van der Waals surface area contributed by atoms with Gasteiger partial charge in [0.05, 0.1) is 0 Å². The van der Waals surface area contributed by atoms with Crippen LogP contribution in [0.1, 0.15) is 17.1 Å². The van der Waals surface area contributed by atoms with Crippen LogP contribution in [-0.2, 0) is 0 Å². The van der Waals surface area contributed by atoms with Gasteiger partial charge in [-0.3, -0.25) is 5.10 Å². The van der Waals surface area contributed by atoms with Crippen LogP contribution in [0.3, 0.4) is 0 Å². The first-order chi connectivity index (χ1) is 10.7. The van der Waals surface area contributed by atoms with Gasteiger partial charge >= 0.3 is 0 Å². The van der Waals surface area contributed by atoms with Crippen molar-refractivity contribution in [1.82, 2.24) is 20.2 Å². The molecular weight excluding hydrogens is 276 g/mol. The van der Waals surface area contributed by atoms with E-state index in [1.54, 1.807) is 6.07 Å². The van der Waals surface area contributed by atoms with E-state index in [4.69, 9.17) is 5.73 Å². The third-order valence-corrected chi connectivity index (χ3v) is 2.95. The Labute approximate surface area is 128 Å². The molecule has 0 bridgehead atoms. The molecule has 2 aromatic heterocycles. The zero-order valence-corrected chi connectivity index (χ0v) is 12.1. The highest BCUT2D eigenvalue weighted by Gasteiger charge is 2.03. The Kier molecular flexibility index (Phi) is 3.82. The largest absolute Gasteiger partial charge is 0.384 e. The van der Waals surface area contributed by atoms with Crippen molar-refractivity contribution in [3.05, 3.63) is 59.5 Å². The zero-order chi connectivity index (χ0) is 15.4. The summed E-state index contributed by atoms with van der Waals surface area (Å²) < 4.78 is 0. The molecule has 0 spiro atoms. The highest BCUT2D eigenvalue weighted by molar-refractivity contribution is 5.68. The van der Waals surface area contributed by atoms with Crippen molar-refractivity contribution < 1.29 is 0 Å². The predicted octanol–water partition coefficient (Wildman–Crippen LogP) is 3.00. The standard InChI is InChI=1S/C16H16N6/c1-11-9-16(22-21-11)20-15-10-13(17)18-14(19-15)8-7-12-5-3-2-4-6-12/h2-10H,1H3,(H4,17,18,19,20,21,22)/b8-7+. The molecule has 3 rings (SSSR count). The third-order valence-electron chi connectivity index (χ3n) is 2.95. The van der Waals surface area contributed by atoms with Gasteiger partial charge in [-0.15, -0.1) is 0 Å². The minimum absolute atomic E-state index is 0.400. The number of nitrogens with zero attached hydrogens (tertiary/aromatic N) is 3. The molecule has 0 fully saturated rings. The number of H-pyrrole nitrogens is 1. The predicted molar refractivity (Wildman–Crippen MR) is 88.4 cm³/mol. The molecule has 0 radical (unpaired) electrons. The molecule has 22 heavy (non-hydrogen) atoms. The van der Waals surface area contributed by atoms with Crippen LogP contribution < -0.4 is 11.1 Å². The summed E-state index contributed by atoms with van der Waals surface area (Å²) in [6.45, 7) is 1.93. The van der Waals surface area contributed by atoms with Crippen molar-refractivity contribution in [2.24, 2.45) is 0 Å². The van der Waals surface area contributed by atoms with E-state index in [0.29, 0.717) is 23.3 Å². The van der Waals surface area contributed by atoms with E-state index in [2.05, 4.69) is 25.5 Å². The summed E-state index contributed by atoms with van der Waals surface area (Å²) in [5.41, 5.74) is 7.88.